The third kappa shape index (κ3) is 3.11. The standard InChI is InChI=1S/C17H21N5O/c1-11(2)10-21-17(23)22-13(4)9-15(19-16(22)20-21)18-14-7-5-12(3)6-8-14/h5-9,11H,10H2,1-4H3,(H,18,19,20). The molecular formula is C17H21N5O. The molecule has 120 valence electrons. The smallest absolute Gasteiger partial charge is 0.340 e. The Morgan fingerprint density at radius 3 is 2.52 bits per heavy atom. The van der Waals surface area contributed by atoms with Gasteiger partial charge in [-0.15, -0.1) is 5.10 Å². The van der Waals surface area contributed by atoms with Crippen molar-refractivity contribution in [2.75, 3.05) is 5.32 Å². The van der Waals surface area contributed by atoms with Crippen LogP contribution in [-0.2, 0) is 6.54 Å². The summed E-state index contributed by atoms with van der Waals surface area (Å²) in [5, 5.41) is 7.60. The van der Waals surface area contributed by atoms with E-state index in [0.717, 1.165) is 11.4 Å². The zero-order valence-electron chi connectivity index (χ0n) is 13.9. The molecule has 0 unspecified atom stereocenters. The van der Waals surface area contributed by atoms with E-state index in [9.17, 15) is 4.79 Å². The van der Waals surface area contributed by atoms with E-state index in [2.05, 4.69) is 29.2 Å². The second-order valence-electron chi connectivity index (χ2n) is 6.27. The number of aromatic nitrogens is 4. The summed E-state index contributed by atoms with van der Waals surface area (Å²) in [6.45, 7) is 8.63. The molecule has 0 aliphatic rings. The van der Waals surface area contributed by atoms with Crippen molar-refractivity contribution in [3.8, 4) is 0 Å². The van der Waals surface area contributed by atoms with Crippen LogP contribution < -0.4 is 11.0 Å². The van der Waals surface area contributed by atoms with Crippen LogP contribution in [0.5, 0.6) is 0 Å². The average Bonchev–Trinajstić information content (AvgIpc) is 2.77. The molecular weight excluding hydrogens is 290 g/mol. The van der Waals surface area contributed by atoms with Crippen LogP contribution >= 0.6 is 0 Å². The van der Waals surface area contributed by atoms with Crippen molar-refractivity contribution in [2.45, 2.75) is 34.2 Å². The molecule has 2 heterocycles. The molecule has 0 amide bonds. The molecule has 2 aromatic heterocycles. The van der Waals surface area contributed by atoms with Gasteiger partial charge in [0.25, 0.3) is 5.78 Å². The molecule has 0 bridgehead atoms. The Hall–Kier alpha value is -2.63. The lowest BCUT2D eigenvalue weighted by Gasteiger charge is -2.07. The first kappa shape index (κ1) is 15.3. The van der Waals surface area contributed by atoms with Gasteiger partial charge in [-0.2, -0.15) is 4.98 Å². The summed E-state index contributed by atoms with van der Waals surface area (Å²) in [5.41, 5.74) is 2.83. The van der Waals surface area contributed by atoms with Crippen LogP contribution in [0.1, 0.15) is 25.1 Å². The van der Waals surface area contributed by atoms with Gasteiger partial charge in [0.15, 0.2) is 0 Å². The van der Waals surface area contributed by atoms with Gasteiger partial charge >= 0.3 is 5.69 Å². The monoisotopic (exact) mass is 311 g/mol. The Balaban J connectivity index is 2.00. The fourth-order valence-electron chi connectivity index (χ4n) is 2.49. The second kappa shape index (κ2) is 5.87. The highest BCUT2D eigenvalue weighted by atomic mass is 16.2. The summed E-state index contributed by atoms with van der Waals surface area (Å²) in [5.74, 6) is 1.45. The number of aryl methyl sites for hydroxylation is 2. The molecule has 0 saturated carbocycles. The van der Waals surface area contributed by atoms with Crippen LogP contribution in [0.3, 0.4) is 0 Å². The quantitative estimate of drug-likeness (QED) is 0.804. The van der Waals surface area contributed by atoms with E-state index in [4.69, 9.17) is 0 Å². The molecule has 0 fully saturated rings. The zero-order valence-corrected chi connectivity index (χ0v) is 13.9. The van der Waals surface area contributed by atoms with Crippen LogP contribution in [0, 0.1) is 19.8 Å². The van der Waals surface area contributed by atoms with Crippen molar-refractivity contribution in [3.05, 3.63) is 52.1 Å². The minimum atomic E-state index is -0.138. The molecule has 0 aliphatic heterocycles. The maximum atomic E-state index is 12.4. The first-order chi connectivity index (χ1) is 10.9. The van der Waals surface area contributed by atoms with Crippen molar-refractivity contribution in [3.63, 3.8) is 0 Å². The number of benzene rings is 1. The van der Waals surface area contributed by atoms with Gasteiger partial charge in [-0.05, 0) is 31.9 Å². The SMILES string of the molecule is Cc1ccc(Nc2cc(C)n3c(=O)n(CC(C)C)nc3n2)cc1. The summed E-state index contributed by atoms with van der Waals surface area (Å²) in [6.07, 6.45) is 0. The molecule has 23 heavy (non-hydrogen) atoms. The Labute approximate surface area is 134 Å². The van der Waals surface area contributed by atoms with Gasteiger partial charge in [0, 0.05) is 24.0 Å². The van der Waals surface area contributed by atoms with Gasteiger partial charge in [0.2, 0.25) is 0 Å². The van der Waals surface area contributed by atoms with Gasteiger partial charge in [0.05, 0.1) is 0 Å². The van der Waals surface area contributed by atoms with Gasteiger partial charge in [-0.1, -0.05) is 31.5 Å². The molecule has 3 rings (SSSR count). The summed E-state index contributed by atoms with van der Waals surface area (Å²) >= 11 is 0. The fraction of sp³-hybridized carbons (Fsp3) is 0.353. The summed E-state index contributed by atoms with van der Waals surface area (Å²) < 4.78 is 3.03. The van der Waals surface area contributed by atoms with E-state index in [1.807, 2.05) is 44.2 Å². The molecule has 1 N–H and O–H groups in total. The van der Waals surface area contributed by atoms with Crippen molar-refractivity contribution in [1.29, 1.82) is 0 Å². The van der Waals surface area contributed by atoms with Crippen LogP contribution in [0.15, 0.2) is 35.1 Å². The Morgan fingerprint density at radius 2 is 1.87 bits per heavy atom. The normalized spacial score (nSPS) is 11.3. The maximum absolute atomic E-state index is 12.4. The van der Waals surface area contributed by atoms with Gasteiger partial charge in [-0.3, -0.25) is 0 Å². The lowest BCUT2D eigenvalue weighted by atomic mass is 10.2. The molecule has 0 atom stereocenters. The van der Waals surface area contributed by atoms with E-state index in [-0.39, 0.29) is 5.69 Å². The second-order valence-corrected chi connectivity index (χ2v) is 6.27. The summed E-state index contributed by atoms with van der Waals surface area (Å²) in [6, 6.07) is 9.93. The third-order valence-corrected chi connectivity index (χ3v) is 3.60. The zero-order chi connectivity index (χ0) is 16.6. The van der Waals surface area contributed by atoms with Crippen LogP contribution in [0.25, 0.3) is 5.78 Å². The molecule has 6 heteroatoms. The number of nitrogens with one attached hydrogen (secondary N) is 1. The van der Waals surface area contributed by atoms with Crippen molar-refractivity contribution in [2.24, 2.45) is 5.92 Å². The Kier molecular flexibility index (Phi) is 3.90. The fourth-order valence-corrected chi connectivity index (χ4v) is 2.49. The van der Waals surface area contributed by atoms with Crippen LogP contribution in [-0.4, -0.2) is 19.2 Å². The van der Waals surface area contributed by atoms with E-state index >= 15 is 0 Å². The number of hydrogen-bond donors (Lipinski definition) is 1. The lowest BCUT2D eigenvalue weighted by Crippen LogP contribution is -2.24. The number of anilines is 2. The predicted molar refractivity (Wildman–Crippen MR) is 91.3 cm³/mol. The van der Waals surface area contributed by atoms with Crippen molar-refractivity contribution < 1.29 is 0 Å². The highest BCUT2D eigenvalue weighted by Gasteiger charge is 2.12. The highest BCUT2D eigenvalue weighted by Crippen LogP contribution is 2.16. The molecule has 6 nitrogen and oxygen atoms in total. The molecule has 1 aromatic carbocycles. The third-order valence-electron chi connectivity index (χ3n) is 3.60. The molecule has 0 saturated heterocycles. The molecule has 0 spiro atoms. The number of rotatable bonds is 4. The number of hydrogen-bond acceptors (Lipinski definition) is 4. The minimum absolute atomic E-state index is 0.138. The van der Waals surface area contributed by atoms with Crippen LogP contribution in [0.2, 0.25) is 0 Å². The Morgan fingerprint density at radius 1 is 1.17 bits per heavy atom. The van der Waals surface area contributed by atoms with Crippen molar-refractivity contribution >= 4 is 17.3 Å². The van der Waals surface area contributed by atoms with Crippen LogP contribution in [0.4, 0.5) is 11.5 Å². The van der Waals surface area contributed by atoms with E-state index < -0.39 is 0 Å². The largest absolute Gasteiger partial charge is 0.351 e. The van der Waals surface area contributed by atoms with Gasteiger partial charge < -0.3 is 5.32 Å². The lowest BCUT2D eigenvalue weighted by molar-refractivity contribution is 0.471. The van der Waals surface area contributed by atoms with Gasteiger partial charge in [0.1, 0.15) is 5.82 Å². The van der Waals surface area contributed by atoms with Crippen molar-refractivity contribution in [1.82, 2.24) is 19.2 Å². The topological polar surface area (TPSA) is 64.2 Å². The molecule has 0 radical (unpaired) electrons. The predicted octanol–water partition coefficient (Wildman–Crippen LogP) is 2.91. The molecule has 0 aliphatic carbocycles. The highest BCUT2D eigenvalue weighted by molar-refractivity contribution is 5.58. The average molecular weight is 311 g/mol. The van der Waals surface area contributed by atoms with E-state index in [0.29, 0.717) is 24.1 Å². The summed E-state index contributed by atoms with van der Waals surface area (Å²) in [4.78, 5) is 16.9. The number of nitrogens with zero attached hydrogens (tertiary/aromatic N) is 4. The minimum Gasteiger partial charge on any atom is -0.340 e. The van der Waals surface area contributed by atoms with Gasteiger partial charge in [-0.25, -0.2) is 13.9 Å². The maximum Gasteiger partial charge on any atom is 0.351 e. The number of fused-ring (bicyclic) bond motifs is 1. The van der Waals surface area contributed by atoms with E-state index in [1.165, 1.54) is 10.2 Å². The van der Waals surface area contributed by atoms with E-state index in [1.54, 1.807) is 4.40 Å². The first-order valence-electron chi connectivity index (χ1n) is 7.75. The molecule has 3 aromatic rings. The Bertz CT molecular complexity index is 890. The first-order valence-corrected chi connectivity index (χ1v) is 7.75. The summed E-state index contributed by atoms with van der Waals surface area (Å²) in [7, 11) is 0.